The van der Waals surface area contributed by atoms with Crippen molar-refractivity contribution in [1.29, 1.82) is 0 Å². The van der Waals surface area contributed by atoms with Crippen molar-refractivity contribution in [2.45, 2.75) is 57.4 Å². The summed E-state index contributed by atoms with van der Waals surface area (Å²) in [5, 5.41) is 0. The molecule has 2 aromatic carbocycles. The van der Waals surface area contributed by atoms with E-state index >= 15 is 0 Å². The highest BCUT2D eigenvalue weighted by Crippen LogP contribution is 2.46. The molecular weight excluding hydrogens is 552 g/mol. The Morgan fingerprint density at radius 3 is 2.22 bits per heavy atom. The third-order valence-electron chi connectivity index (χ3n) is 8.57. The van der Waals surface area contributed by atoms with Gasteiger partial charge >= 0.3 is 12.4 Å². The number of carbonyl (C=O) groups excluding carboxylic acids is 1. The predicted octanol–water partition coefficient (Wildman–Crippen LogP) is 6.75. The van der Waals surface area contributed by atoms with Gasteiger partial charge in [-0.2, -0.15) is 26.3 Å². The fourth-order valence-electron chi connectivity index (χ4n) is 6.34. The van der Waals surface area contributed by atoms with Gasteiger partial charge in [-0.1, -0.05) is 24.3 Å². The van der Waals surface area contributed by atoms with Gasteiger partial charge in [0, 0.05) is 44.1 Å². The van der Waals surface area contributed by atoms with E-state index in [1.54, 1.807) is 0 Å². The number of benzene rings is 2. The van der Waals surface area contributed by atoms with Crippen molar-refractivity contribution in [2.24, 2.45) is 17.8 Å². The van der Waals surface area contributed by atoms with E-state index in [1.165, 1.54) is 6.92 Å². The average molecular weight is 586 g/mol. The third kappa shape index (κ3) is 6.41. The molecule has 41 heavy (non-hydrogen) atoms. The molecule has 3 fully saturated rings. The fraction of sp³-hybridized carbons (Fsp3) is 0.567. The first-order valence-electron chi connectivity index (χ1n) is 13.8. The molecule has 3 saturated heterocycles. The minimum absolute atomic E-state index is 0.0175. The van der Waals surface area contributed by atoms with Gasteiger partial charge in [0.15, 0.2) is 6.29 Å². The van der Waals surface area contributed by atoms with Crippen molar-refractivity contribution >= 4 is 5.91 Å². The molecule has 5 nitrogen and oxygen atoms in total. The number of amides is 1. The smallest absolute Gasteiger partial charge is 0.381 e. The maximum absolute atomic E-state index is 13.5. The standard InChI is InChI=1S/C30H33F6NO4/c1-17-5-3-4-6-24(17)26-25-15-37(27(38)19-7-9-39-10-8-19)14-21(25)16-40-28(26)41-18(2)20-11-22(29(31,32)33)13-23(12-20)30(34,35)36/h3-6,11-13,18-19,21,25-26,28H,7-10,14-16H2,1-2H3/t18-,21+,25-,26+,28-/m1/s1. The molecule has 3 heterocycles. The van der Waals surface area contributed by atoms with Crippen molar-refractivity contribution in [2.75, 3.05) is 32.9 Å². The van der Waals surface area contributed by atoms with Gasteiger partial charge < -0.3 is 19.1 Å². The first-order valence-corrected chi connectivity index (χ1v) is 13.8. The highest BCUT2D eigenvalue weighted by molar-refractivity contribution is 5.79. The number of fused-ring (bicyclic) bond motifs is 1. The zero-order valence-corrected chi connectivity index (χ0v) is 22.8. The van der Waals surface area contributed by atoms with Gasteiger partial charge in [-0.15, -0.1) is 0 Å². The van der Waals surface area contributed by atoms with Crippen LogP contribution in [0.4, 0.5) is 26.3 Å². The number of hydrogen-bond acceptors (Lipinski definition) is 4. The van der Waals surface area contributed by atoms with Crippen LogP contribution in [0.25, 0.3) is 0 Å². The Labute approximate surface area is 234 Å². The molecule has 2 aromatic rings. The molecule has 0 N–H and O–H groups in total. The van der Waals surface area contributed by atoms with Crippen molar-refractivity contribution in [3.8, 4) is 0 Å². The minimum atomic E-state index is -4.96. The van der Waals surface area contributed by atoms with E-state index in [1.807, 2.05) is 36.1 Å². The van der Waals surface area contributed by atoms with Crippen LogP contribution < -0.4 is 0 Å². The maximum Gasteiger partial charge on any atom is 0.416 e. The quantitative estimate of drug-likeness (QED) is 0.365. The van der Waals surface area contributed by atoms with E-state index in [2.05, 4.69) is 0 Å². The normalized spacial score (nSPS) is 26.6. The molecule has 224 valence electrons. The van der Waals surface area contributed by atoms with E-state index in [9.17, 15) is 31.1 Å². The van der Waals surface area contributed by atoms with E-state index in [4.69, 9.17) is 14.2 Å². The Hall–Kier alpha value is -2.63. The number of nitrogens with zero attached hydrogens (tertiary/aromatic N) is 1. The summed E-state index contributed by atoms with van der Waals surface area (Å²) in [6.45, 7) is 5.71. The zero-order chi connectivity index (χ0) is 29.5. The molecule has 0 bridgehead atoms. The Balaban J connectivity index is 1.43. The number of hydrogen-bond donors (Lipinski definition) is 0. The molecular formula is C30H33F6NO4. The van der Waals surface area contributed by atoms with Gasteiger partial charge in [0.25, 0.3) is 0 Å². The molecule has 3 aliphatic rings. The van der Waals surface area contributed by atoms with Crippen molar-refractivity contribution in [3.05, 3.63) is 70.3 Å². The minimum Gasteiger partial charge on any atom is -0.381 e. The van der Waals surface area contributed by atoms with E-state index < -0.39 is 35.9 Å². The van der Waals surface area contributed by atoms with E-state index in [0.29, 0.717) is 51.3 Å². The summed E-state index contributed by atoms with van der Waals surface area (Å²) in [7, 11) is 0. The second kappa shape index (κ2) is 11.6. The van der Waals surface area contributed by atoms with Crippen LogP contribution in [0.2, 0.25) is 0 Å². The number of halogens is 6. The SMILES string of the molecule is Cc1ccccc1[C@@H]1[C@@H](O[C@H](C)c2cc(C(F)(F)F)cc(C(F)(F)F)c2)OC[C@@H]2CN(C(=O)C3CCOCC3)C[C@H]21. The van der Waals surface area contributed by atoms with Gasteiger partial charge in [0.2, 0.25) is 5.91 Å². The van der Waals surface area contributed by atoms with E-state index in [0.717, 1.165) is 11.1 Å². The molecule has 1 amide bonds. The second-order valence-electron chi connectivity index (χ2n) is 11.3. The Morgan fingerprint density at radius 1 is 0.976 bits per heavy atom. The first-order chi connectivity index (χ1) is 19.3. The molecule has 5 rings (SSSR count). The average Bonchev–Trinajstić information content (AvgIpc) is 3.37. The second-order valence-corrected chi connectivity index (χ2v) is 11.3. The molecule has 0 saturated carbocycles. The van der Waals surface area contributed by atoms with Crippen LogP contribution in [0.5, 0.6) is 0 Å². The molecule has 0 radical (unpaired) electrons. The summed E-state index contributed by atoms with van der Waals surface area (Å²) in [6, 6.07) is 9.11. The summed E-state index contributed by atoms with van der Waals surface area (Å²) in [6.07, 6.45) is -10.6. The highest BCUT2D eigenvalue weighted by Gasteiger charge is 2.49. The number of likely N-dealkylation sites (tertiary alicyclic amines) is 1. The van der Waals surface area contributed by atoms with Crippen molar-refractivity contribution < 1.29 is 45.3 Å². The van der Waals surface area contributed by atoms with Crippen molar-refractivity contribution in [3.63, 3.8) is 0 Å². The monoisotopic (exact) mass is 585 g/mol. The van der Waals surface area contributed by atoms with Crippen LogP contribution in [-0.4, -0.2) is 50.0 Å². The number of rotatable bonds is 5. The molecule has 0 unspecified atom stereocenters. The Kier molecular flexibility index (Phi) is 8.42. The van der Waals surface area contributed by atoms with Crippen LogP contribution in [-0.2, 0) is 31.4 Å². The first kappa shape index (κ1) is 29.8. The molecule has 0 aliphatic carbocycles. The number of carbonyl (C=O) groups is 1. The number of ether oxygens (including phenoxy) is 3. The van der Waals surface area contributed by atoms with Gasteiger partial charge in [-0.3, -0.25) is 4.79 Å². The van der Waals surface area contributed by atoms with Gasteiger partial charge in [-0.25, -0.2) is 0 Å². The van der Waals surface area contributed by atoms with E-state index in [-0.39, 0.29) is 47.8 Å². The molecule has 11 heteroatoms. The lowest BCUT2D eigenvalue weighted by molar-refractivity contribution is -0.217. The van der Waals surface area contributed by atoms with Crippen LogP contribution in [0.15, 0.2) is 42.5 Å². The van der Waals surface area contributed by atoms with Crippen LogP contribution in [0, 0.1) is 24.7 Å². The highest BCUT2D eigenvalue weighted by atomic mass is 19.4. The molecule has 3 aliphatic heterocycles. The number of alkyl halides is 6. The van der Waals surface area contributed by atoms with Gasteiger partial charge in [0.1, 0.15) is 0 Å². The molecule has 0 spiro atoms. The largest absolute Gasteiger partial charge is 0.416 e. The van der Waals surface area contributed by atoms with Crippen molar-refractivity contribution in [1.82, 2.24) is 4.90 Å². The summed E-state index contributed by atoms with van der Waals surface area (Å²) in [4.78, 5) is 15.2. The molecule has 0 aromatic heterocycles. The Morgan fingerprint density at radius 2 is 1.61 bits per heavy atom. The predicted molar refractivity (Wildman–Crippen MR) is 137 cm³/mol. The van der Waals surface area contributed by atoms with Gasteiger partial charge in [0.05, 0.1) is 23.8 Å². The topological polar surface area (TPSA) is 48.0 Å². The maximum atomic E-state index is 13.5. The lowest BCUT2D eigenvalue weighted by atomic mass is 9.76. The Bertz CT molecular complexity index is 1210. The summed E-state index contributed by atoms with van der Waals surface area (Å²) < 4.78 is 98.7. The number of aryl methyl sites for hydroxylation is 1. The van der Waals surface area contributed by atoms with Gasteiger partial charge in [-0.05, 0) is 67.5 Å². The lowest BCUT2D eigenvalue weighted by Crippen LogP contribution is -2.42. The fourth-order valence-corrected chi connectivity index (χ4v) is 6.34. The summed E-state index contributed by atoms with van der Waals surface area (Å²) in [5.74, 6) is -0.432. The van der Waals surface area contributed by atoms with Crippen LogP contribution >= 0.6 is 0 Å². The summed E-state index contributed by atoms with van der Waals surface area (Å²) in [5.41, 5.74) is -1.16. The van der Waals surface area contributed by atoms with Crippen LogP contribution in [0.3, 0.4) is 0 Å². The molecule has 5 atom stereocenters. The third-order valence-corrected chi connectivity index (χ3v) is 8.57. The van der Waals surface area contributed by atoms with Crippen LogP contribution in [0.1, 0.15) is 59.6 Å². The summed E-state index contributed by atoms with van der Waals surface area (Å²) >= 11 is 0. The zero-order valence-electron chi connectivity index (χ0n) is 22.8. The lowest BCUT2D eigenvalue weighted by Gasteiger charge is -2.41.